The first-order valence-corrected chi connectivity index (χ1v) is 25.1. The van der Waals surface area contributed by atoms with Crippen molar-refractivity contribution in [3.63, 3.8) is 0 Å². The minimum atomic E-state index is 0.113. The fraction of sp³-hybridized carbons (Fsp3) is 0.483. The maximum atomic E-state index is 6.05. The second-order valence-corrected chi connectivity index (χ2v) is 17.8. The second-order valence-electron chi connectivity index (χ2n) is 17.8. The highest BCUT2D eigenvalue weighted by Crippen LogP contribution is 2.48. The van der Waals surface area contributed by atoms with Crippen molar-refractivity contribution in [2.45, 2.75) is 178 Å². The minimum absolute atomic E-state index is 0.113. The molecule has 2 aromatic heterocycles. The van der Waals surface area contributed by atoms with Gasteiger partial charge in [0.1, 0.15) is 0 Å². The lowest BCUT2D eigenvalue weighted by molar-refractivity contribution is 0.614. The van der Waals surface area contributed by atoms with Crippen LogP contribution in [0.2, 0.25) is 0 Å². The lowest BCUT2D eigenvalue weighted by Gasteiger charge is -2.22. The van der Waals surface area contributed by atoms with Crippen molar-refractivity contribution in [2.24, 2.45) is 15.9 Å². The van der Waals surface area contributed by atoms with Crippen molar-refractivity contribution >= 4 is 22.6 Å². The van der Waals surface area contributed by atoms with E-state index in [0.29, 0.717) is 0 Å². The minimum Gasteiger partial charge on any atom is -0.357 e. The molecule has 0 radical (unpaired) electrons. The molecule has 2 unspecified atom stereocenters. The van der Waals surface area contributed by atoms with E-state index in [0.717, 1.165) is 77.0 Å². The highest BCUT2D eigenvalue weighted by Gasteiger charge is 2.39. The van der Waals surface area contributed by atoms with Gasteiger partial charge >= 0.3 is 0 Å². The number of unbranched alkanes of at least 4 members (excludes halogenated alkanes) is 4. The number of aromatic amines is 2. The van der Waals surface area contributed by atoms with Gasteiger partial charge in [0.05, 0.1) is 34.2 Å². The van der Waals surface area contributed by atoms with Gasteiger partial charge in [0.15, 0.2) is 0 Å². The summed E-state index contributed by atoms with van der Waals surface area (Å²) in [5, 5.41) is 0. The first-order valence-electron chi connectivity index (χ1n) is 25.1. The Morgan fingerprint density at radius 1 is 0.403 bits per heavy atom. The van der Waals surface area contributed by atoms with E-state index in [2.05, 4.69) is 140 Å². The number of aliphatic imine (C=N–C) groups is 2. The summed E-state index contributed by atoms with van der Waals surface area (Å²) in [5.74, 6) is 0.315. The molecule has 7 rings (SSSR count). The topological polar surface area (TPSA) is 56.3 Å². The van der Waals surface area contributed by atoms with Crippen LogP contribution in [0, 0.1) is 5.92 Å². The highest BCUT2D eigenvalue weighted by molar-refractivity contribution is 6.24. The maximum absolute atomic E-state index is 6.05. The molecule has 3 aliphatic rings. The molecule has 0 aliphatic carbocycles. The molecule has 8 bridgehead atoms. The molecule has 5 heterocycles. The Balaban J connectivity index is 1.72. The Bertz CT molecular complexity index is 2240. The monoisotopic (exact) mass is 829 g/mol. The molecule has 4 aromatic rings. The van der Waals surface area contributed by atoms with Crippen LogP contribution < -0.4 is 0 Å². The van der Waals surface area contributed by atoms with Crippen molar-refractivity contribution in [3.8, 4) is 0 Å². The van der Waals surface area contributed by atoms with Crippen molar-refractivity contribution in [2.75, 3.05) is 0 Å². The van der Waals surface area contributed by atoms with Crippen molar-refractivity contribution in [1.29, 1.82) is 0 Å². The van der Waals surface area contributed by atoms with Crippen LogP contribution in [0.15, 0.2) is 104 Å². The summed E-state index contributed by atoms with van der Waals surface area (Å²) in [7, 11) is 0. The number of aromatic nitrogens is 2. The Morgan fingerprint density at radius 2 is 0.806 bits per heavy atom. The Morgan fingerprint density at radius 3 is 1.18 bits per heavy atom. The number of fused-ring (bicyclic) bond motifs is 6. The van der Waals surface area contributed by atoms with Gasteiger partial charge in [-0.05, 0) is 120 Å². The van der Waals surface area contributed by atoms with Gasteiger partial charge in [-0.3, -0.25) is 9.98 Å². The highest BCUT2D eigenvalue weighted by atomic mass is 14.9. The third kappa shape index (κ3) is 8.17. The van der Waals surface area contributed by atoms with E-state index in [9.17, 15) is 0 Å². The largest absolute Gasteiger partial charge is 0.357 e. The molecule has 4 heteroatoms. The molecule has 2 atom stereocenters. The van der Waals surface area contributed by atoms with Gasteiger partial charge in [0.25, 0.3) is 0 Å². The molecule has 3 aliphatic heterocycles. The zero-order chi connectivity index (χ0) is 43.9. The van der Waals surface area contributed by atoms with Gasteiger partial charge in [-0.1, -0.05) is 168 Å². The van der Waals surface area contributed by atoms with Crippen molar-refractivity contribution in [3.05, 3.63) is 151 Å². The molecular formula is C58H76N4. The quantitative estimate of drug-likeness (QED) is 0.0939. The van der Waals surface area contributed by atoms with E-state index in [-0.39, 0.29) is 11.8 Å². The van der Waals surface area contributed by atoms with E-state index in [1.807, 2.05) is 0 Å². The Kier molecular flexibility index (Phi) is 15.1. The fourth-order valence-corrected chi connectivity index (χ4v) is 11.5. The summed E-state index contributed by atoms with van der Waals surface area (Å²) in [6.07, 6.45) is 17.0. The predicted octanol–water partition coefficient (Wildman–Crippen LogP) is 16.2. The summed E-state index contributed by atoms with van der Waals surface area (Å²) in [6.45, 7) is 23.6. The molecule has 2 N–H and O–H groups in total. The lowest BCUT2D eigenvalue weighted by Crippen LogP contribution is -2.26. The molecule has 62 heavy (non-hydrogen) atoms. The molecule has 0 saturated carbocycles. The van der Waals surface area contributed by atoms with Gasteiger partial charge in [-0.2, -0.15) is 0 Å². The van der Waals surface area contributed by atoms with Crippen LogP contribution in [-0.4, -0.2) is 21.4 Å². The number of nitrogens with one attached hydrogen (secondary N) is 2. The number of benzene rings is 2. The number of allylic oxidation sites excluding steroid dienone is 4. The number of nitrogens with zero attached hydrogens (tertiary/aromatic N) is 2. The van der Waals surface area contributed by atoms with Crippen LogP contribution in [0.4, 0.5) is 0 Å². The van der Waals surface area contributed by atoms with Crippen LogP contribution in [0.3, 0.4) is 0 Å². The third-order valence-corrected chi connectivity index (χ3v) is 14.4. The van der Waals surface area contributed by atoms with E-state index in [1.165, 1.54) is 138 Å². The fourth-order valence-electron chi connectivity index (χ4n) is 11.5. The molecule has 0 amide bonds. The first kappa shape index (κ1) is 45.3. The zero-order valence-corrected chi connectivity index (χ0v) is 40.1. The number of hydrogen-bond donors (Lipinski definition) is 2. The average Bonchev–Trinajstić information content (AvgIpc) is 4.07. The average molecular weight is 829 g/mol. The van der Waals surface area contributed by atoms with Gasteiger partial charge in [-0.15, -0.1) is 0 Å². The standard InChI is InChI=1S/C58H76N4/c1-11-21-23-30-36-48-53-41(15-5)45(19-9)57(61-53)49(37-31-26-24-27-32-37)55-43(17-7)39(13-3)51(59-55)47(35-22-12-2)52-40(14-4)44(18-8)56(60-52)50(38-33-28-25-29-34-38)58-46(20-10)42(16-6)54(48)62-58/h24-29,31-34,47-48,59-60H,11-23,30,35-36H2,1-10H3/b57-49-,58-50?. The number of rotatable bonds is 18. The van der Waals surface area contributed by atoms with Gasteiger partial charge in [0, 0.05) is 34.4 Å². The maximum Gasteiger partial charge on any atom is 0.0767 e. The molecule has 2 aromatic carbocycles. The normalized spacial score (nSPS) is 19.0. The van der Waals surface area contributed by atoms with E-state index >= 15 is 0 Å². The zero-order valence-electron chi connectivity index (χ0n) is 40.1. The molecule has 0 fully saturated rings. The smallest absolute Gasteiger partial charge is 0.0767 e. The molecule has 0 saturated heterocycles. The molecule has 4 nitrogen and oxygen atoms in total. The third-order valence-electron chi connectivity index (χ3n) is 14.4. The Labute approximate surface area is 375 Å². The summed E-state index contributed by atoms with van der Waals surface area (Å²) < 4.78 is 0. The SMILES string of the molecule is CCCCCCC1C2=NC(=C(c3ccccc3)c3[nH]c(c(CC)c3CC)C(CCCC)c3[nH]c(c(CC)c3CC)/C(c3ccccc3)=C3\N=C1C(CC)=C3CC)C(CC)=C2CC. The van der Waals surface area contributed by atoms with Gasteiger partial charge in [0.2, 0.25) is 0 Å². The summed E-state index contributed by atoms with van der Waals surface area (Å²) in [5.41, 5.74) is 26.8. The van der Waals surface area contributed by atoms with Crippen LogP contribution >= 0.6 is 0 Å². The molecule has 0 spiro atoms. The summed E-state index contributed by atoms with van der Waals surface area (Å²) in [6, 6.07) is 22.5. The first-order chi connectivity index (χ1) is 30.4. The van der Waals surface area contributed by atoms with Crippen LogP contribution in [0.25, 0.3) is 11.1 Å². The van der Waals surface area contributed by atoms with E-state index in [1.54, 1.807) is 0 Å². The van der Waals surface area contributed by atoms with Gasteiger partial charge < -0.3 is 9.97 Å². The molecular weight excluding hydrogens is 753 g/mol. The second kappa shape index (κ2) is 20.7. The van der Waals surface area contributed by atoms with Crippen LogP contribution in [0.5, 0.6) is 0 Å². The predicted molar refractivity (Wildman–Crippen MR) is 268 cm³/mol. The van der Waals surface area contributed by atoms with E-state index < -0.39 is 0 Å². The Hall–Kier alpha value is -4.70. The van der Waals surface area contributed by atoms with E-state index in [4.69, 9.17) is 9.98 Å². The van der Waals surface area contributed by atoms with Crippen molar-refractivity contribution in [1.82, 2.24) is 9.97 Å². The van der Waals surface area contributed by atoms with Crippen LogP contribution in [0.1, 0.15) is 208 Å². The number of H-pyrrole nitrogens is 2. The summed E-state index contributed by atoms with van der Waals surface area (Å²) >= 11 is 0. The molecule has 328 valence electrons. The lowest BCUT2D eigenvalue weighted by atomic mass is 9.81. The van der Waals surface area contributed by atoms with Crippen molar-refractivity contribution < 1.29 is 0 Å². The van der Waals surface area contributed by atoms with Crippen LogP contribution in [-0.2, 0) is 25.7 Å². The summed E-state index contributed by atoms with van der Waals surface area (Å²) in [4.78, 5) is 20.8. The number of hydrogen-bond acceptors (Lipinski definition) is 2. The van der Waals surface area contributed by atoms with Gasteiger partial charge in [-0.25, -0.2) is 0 Å².